The van der Waals surface area contributed by atoms with Crippen LogP contribution in [0.2, 0.25) is 0 Å². The summed E-state index contributed by atoms with van der Waals surface area (Å²) in [5.41, 5.74) is 8.39. The highest BCUT2D eigenvalue weighted by molar-refractivity contribution is 6.10. The van der Waals surface area contributed by atoms with Crippen LogP contribution >= 0.6 is 0 Å². The number of aliphatic imine (C=N–C) groups is 2. The van der Waals surface area contributed by atoms with Crippen LogP contribution in [-0.4, -0.2) is 38.2 Å². The molecule has 2 fully saturated rings. The highest BCUT2D eigenvalue weighted by atomic mass is 16.5. The molecule has 6 heteroatoms. The summed E-state index contributed by atoms with van der Waals surface area (Å²) in [4.78, 5) is 9.29. The third-order valence-corrected chi connectivity index (χ3v) is 7.05. The van der Waals surface area contributed by atoms with Crippen molar-refractivity contribution >= 4 is 17.8 Å². The smallest absolute Gasteiger partial charge is 0.283 e. The first-order chi connectivity index (χ1) is 14.7. The second-order valence-corrected chi connectivity index (χ2v) is 8.87. The van der Waals surface area contributed by atoms with E-state index in [0.29, 0.717) is 19.8 Å². The lowest BCUT2D eigenvalue weighted by atomic mass is 9.59. The van der Waals surface area contributed by atoms with E-state index in [1.807, 2.05) is 24.4 Å². The molecule has 1 aromatic rings. The molecule has 0 bridgehead atoms. The SMILES string of the molecule is NC1=NC2(CO1)c1cc(C3=C/C=C/C=C/N=C3)ccc1OC(CC1CC1)C21COC1. The molecule has 6 rings (SSSR count). The van der Waals surface area contributed by atoms with Crippen molar-refractivity contribution in [2.75, 3.05) is 19.8 Å². The van der Waals surface area contributed by atoms with Gasteiger partial charge in [-0.05, 0) is 41.7 Å². The van der Waals surface area contributed by atoms with Gasteiger partial charge in [0, 0.05) is 18.0 Å². The Hall–Kier alpha value is -2.86. The van der Waals surface area contributed by atoms with E-state index in [2.05, 4.69) is 29.3 Å². The third kappa shape index (κ3) is 2.59. The van der Waals surface area contributed by atoms with Crippen LogP contribution in [0.15, 0.2) is 58.7 Å². The van der Waals surface area contributed by atoms with Gasteiger partial charge in [0.05, 0.1) is 18.6 Å². The van der Waals surface area contributed by atoms with E-state index in [9.17, 15) is 0 Å². The summed E-state index contributed by atoms with van der Waals surface area (Å²) < 4.78 is 18.2. The van der Waals surface area contributed by atoms with Crippen molar-refractivity contribution in [3.8, 4) is 5.75 Å². The van der Waals surface area contributed by atoms with Gasteiger partial charge in [0.25, 0.3) is 6.02 Å². The number of fused-ring (bicyclic) bond motifs is 3. The first-order valence-corrected chi connectivity index (χ1v) is 10.6. The van der Waals surface area contributed by atoms with Gasteiger partial charge < -0.3 is 19.9 Å². The predicted octanol–water partition coefficient (Wildman–Crippen LogP) is 3.34. The van der Waals surface area contributed by atoms with Crippen molar-refractivity contribution < 1.29 is 14.2 Å². The summed E-state index contributed by atoms with van der Waals surface area (Å²) in [6, 6.07) is 6.58. The lowest BCUT2D eigenvalue weighted by Crippen LogP contribution is -2.67. The van der Waals surface area contributed by atoms with Gasteiger partial charge >= 0.3 is 0 Å². The second-order valence-electron chi connectivity index (χ2n) is 8.87. The molecule has 2 N–H and O–H groups in total. The molecule has 1 aromatic carbocycles. The average Bonchev–Trinajstić information content (AvgIpc) is 3.41. The van der Waals surface area contributed by atoms with E-state index in [-0.39, 0.29) is 17.5 Å². The topological polar surface area (TPSA) is 78.4 Å². The molecule has 1 aliphatic carbocycles. The van der Waals surface area contributed by atoms with E-state index in [0.717, 1.165) is 34.8 Å². The van der Waals surface area contributed by atoms with Crippen molar-refractivity contribution in [1.29, 1.82) is 0 Å². The highest BCUT2D eigenvalue weighted by Crippen LogP contribution is 2.60. The molecular formula is C24H25N3O3. The molecule has 1 saturated carbocycles. The Bertz CT molecular complexity index is 1030. The maximum Gasteiger partial charge on any atom is 0.283 e. The lowest BCUT2D eigenvalue weighted by Gasteiger charge is -2.57. The summed E-state index contributed by atoms with van der Waals surface area (Å²) in [5, 5.41) is 0. The molecule has 2 spiro atoms. The Morgan fingerprint density at radius 3 is 2.73 bits per heavy atom. The van der Waals surface area contributed by atoms with Gasteiger partial charge in [-0.2, -0.15) is 0 Å². The second kappa shape index (κ2) is 6.57. The zero-order valence-corrected chi connectivity index (χ0v) is 16.8. The van der Waals surface area contributed by atoms with Crippen LogP contribution in [0.25, 0.3) is 5.57 Å². The molecule has 4 heterocycles. The summed E-state index contributed by atoms with van der Waals surface area (Å²) in [7, 11) is 0. The van der Waals surface area contributed by atoms with Crippen LogP contribution in [0, 0.1) is 11.3 Å². The van der Waals surface area contributed by atoms with E-state index in [4.69, 9.17) is 24.9 Å². The van der Waals surface area contributed by atoms with Gasteiger partial charge in [-0.25, -0.2) is 4.99 Å². The van der Waals surface area contributed by atoms with Crippen molar-refractivity contribution in [2.45, 2.75) is 30.9 Å². The Morgan fingerprint density at radius 2 is 2.00 bits per heavy atom. The molecule has 154 valence electrons. The lowest BCUT2D eigenvalue weighted by molar-refractivity contribution is -0.218. The number of hydrogen-bond acceptors (Lipinski definition) is 6. The zero-order chi connectivity index (χ0) is 20.2. The maximum absolute atomic E-state index is 6.63. The molecular weight excluding hydrogens is 378 g/mol. The molecule has 5 aliphatic rings. The summed E-state index contributed by atoms with van der Waals surface area (Å²) in [6.45, 7) is 1.66. The summed E-state index contributed by atoms with van der Waals surface area (Å²) in [6.07, 6.45) is 15.3. The zero-order valence-electron chi connectivity index (χ0n) is 16.8. The largest absolute Gasteiger partial charge is 0.489 e. The number of nitrogens with zero attached hydrogens (tertiary/aromatic N) is 2. The van der Waals surface area contributed by atoms with Crippen molar-refractivity contribution in [1.82, 2.24) is 0 Å². The van der Waals surface area contributed by atoms with Crippen LogP contribution in [-0.2, 0) is 15.0 Å². The minimum Gasteiger partial charge on any atom is -0.489 e. The van der Waals surface area contributed by atoms with Gasteiger partial charge in [-0.1, -0.05) is 37.1 Å². The number of allylic oxidation sites excluding steroid dienone is 5. The van der Waals surface area contributed by atoms with Gasteiger partial charge in [0.1, 0.15) is 24.0 Å². The van der Waals surface area contributed by atoms with Gasteiger partial charge in [0.15, 0.2) is 0 Å². The standard InChI is InChI=1S/C24H25N3O3/c25-22-27-24(15-29-22)19-11-17(18-4-2-1-3-9-26-12-18)7-8-20(19)30-21(10-16-5-6-16)23(24)13-28-14-23/h1-4,7-9,11-12,16,21H,5-6,10,13-15H2,(H2,25,27)/b2-1+,3-1?,4-2?,9-3+,18-4?,18-12?,26-9?,26-12?. The first-order valence-electron chi connectivity index (χ1n) is 10.6. The number of nitrogens with two attached hydrogens (primary N) is 1. The minimum atomic E-state index is -0.576. The molecule has 4 aliphatic heterocycles. The van der Waals surface area contributed by atoms with Gasteiger partial charge in [-0.15, -0.1) is 0 Å². The molecule has 0 amide bonds. The van der Waals surface area contributed by atoms with Crippen LogP contribution in [0.4, 0.5) is 0 Å². The fourth-order valence-corrected chi connectivity index (χ4v) is 5.10. The molecule has 6 nitrogen and oxygen atoms in total. The normalized spacial score (nSPS) is 32.7. The Labute approximate surface area is 175 Å². The van der Waals surface area contributed by atoms with Gasteiger partial charge in [-0.3, -0.25) is 4.99 Å². The number of rotatable bonds is 3. The van der Waals surface area contributed by atoms with Gasteiger partial charge in [0.2, 0.25) is 0 Å². The quantitative estimate of drug-likeness (QED) is 0.840. The van der Waals surface area contributed by atoms with Crippen LogP contribution in [0.3, 0.4) is 0 Å². The molecule has 1 saturated heterocycles. The summed E-state index contributed by atoms with van der Waals surface area (Å²) >= 11 is 0. The molecule has 2 atom stereocenters. The van der Waals surface area contributed by atoms with Crippen LogP contribution in [0.5, 0.6) is 5.75 Å². The van der Waals surface area contributed by atoms with E-state index in [1.54, 1.807) is 6.20 Å². The monoisotopic (exact) mass is 403 g/mol. The average molecular weight is 403 g/mol. The summed E-state index contributed by atoms with van der Waals surface area (Å²) in [5.74, 6) is 1.62. The fraction of sp³-hybridized carbons (Fsp3) is 0.417. The Kier molecular flexibility index (Phi) is 3.93. The van der Waals surface area contributed by atoms with Crippen LogP contribution in [0.1, 0.15) is 30.4 Å². The third-order valence-electron chi connectivity index (χ3n) is 7.05. The van der Waals surface area contributed by atoms with E-state index < -0.39 is 5.54 Å². The van der Waals surface area contributed by atoms with Crippen molar-refractivity contribution in [3.63, 3.8) is 0 Å². The molecule has 2 unspecified atom stereocenters. The first kappa shape index (κ1) is 18.0. The van der Waals surface area contributed by atoms with E-state index >= 15 is 0 Å². The predicted molar refractivity (Wildman–Crippen MR) is 115 cm³/mol. The maximum atomic E-state index is 6.63. The van der Waals surface area contributed by atoms with Crippen molar-refractivity contribution in [2.24, 2.45) is 27.1 Å². The molecule has 30 heavy (non-hydrogen) atoms. The number of ether oxygens (including phenoxy) is 3. The molecule has 0 aromatic heterocycles. The Balaban J connectivity index is 1.49. The number of benzene rings is 1. The van der Waals surface area contributed by atoms with Crippen LogP contribution < -0.4 is 10.5 Å². The van der Waals surface area contributed by atoms with Crippen molar-refractivity contribution in [3.05, 3.63) is 59.8 Å². The fourth-order valence-electron chi connectivity index (χ4n) is 5.10. The molecule has 0 radical (unpaired) electrons. The highest BCUT2D eigenvalue weighted by Gasteiger charge is 2.68. The Morgan fingerprint density at radius 1 is 1.10 bits per heavy atom. The number of amidine groups is 1. The minimum absolute atomic E-state index is 0.0607. The van der Waals surface area contributed by atoms with E-state index in [1.165, 1.54) is 12.8 Å². The number of hydrogen-bond donors (Lipinski definition) is 1.